The molecule has 1 N–H and O–H groups in total. The average molecular weight is 342 g/mol. The van der Waals surface area contributed by atoms with E-state index in [9.17, 15) is 15.2 Å². The molecule has 5 heteroatoms. The van der Waals surface area contributed by atoms with Crippen LogP contribution in [0.15, 0.2) is 29.8 Å². The second-order valence-electron chi connectivity index (χ2n) is 6.47. The van der Waals surface area contributed by atoms with Gasteiger partial charge in [-0.3, -0.25) is 4.79 Å². The Morgan fingerprint density at radius 3 is 2.64 bits per heavy atom. The van der Waals surface area contributed by atoms with Gasteiger partial charge < -0.3 is 14.7 Å². The van der Waals surface area contributed by atoms with E-state index in [-0.39, 0.29) is 23.5 Å². The average Bonchev–Trinajstić information content (AvgIpc) is 2.62. The fourth-order valence-corrected chi connectivity index (χ4v) is 3.18. The minimum atomic E-state index is -0.357. The molecule has 1 aliphatic rings. The summed E-state index contributed by atoms with van der Waals surface area (Å²) in [6.07, 6.45) is 5.06. The van der Waals surface area contributed by atoms with Gasteiger partial charge >= 0.3 is 0 Å². The highest BCUT2D eigenvalue weighted by atomic mass is 16.5. The van der Waals surface area contributed by atoms with Crippen LogP contribution in [0.2, 0.25) is 0 Å². The molecule has 2 unspecified atom stereocenters. The Labute approximate surface area is 149 Å². The monoisotopic (exact) mass is 342 g/mol. The molecule has 0 spiro atoms. The van der Waals surface area contributed by atoms with Crippen LogP contribution in [0.4, 0.5) is 0 Å². The molecule has 134 valence electrons. The molecule has 5 nitrogen and oxygen atoms in total. The summed E-state index contributed by atoms with van der Waals surface area (Å²) in [7, 11) is 1.69. The third-order valence-corrected chi connectivity index (χ3v) is 4.58. The van der Waals surface area contributed by atoms with E-state index in [1.54, 1.807) is 18.0 Å². The fourth-order valence-electron chi connectivity index (χ4n) is 3.18. The van der Waals surface area contributed by atoms with E-state index in [0.29, 0.717) is 13.2 Å². The Bertz CT molecular complexity index is 646. The number of nitrogens with zero attached hydrogens (tertiary/aromatic N) is 2. The van der Waals surface area contributed by atoms with Gasteiger partial charge in [-0.1, -0.05) is 25.0 Å². The van der Waals surface area contributed by atoms with Gasteiger partial charge in [0, 0.05) is 19.5 Å². The number of nitriles is 1. The smallest absolute Gasteiger partial charge is 0.264 e. The highest BCUT2D eigenvalue weighted by Gasteiger charge is 2.26. The summed E-state index contributed by atoms with van der Waals surface area (Å²) >= 11 is 0. The van der Waals surface area contributed by atoms with Gasteiger partial charge in [-0.2, -0.15) is 5.26 Å². The maximum Gasteiger partial charge on any atom is 0.264 e. The summed E-state index contributed by atoms with van der Waals surface area (Å²) in [5, 5.41) is 19.4. The van der Waals surface area contributed by atoms with Crippen molar-refractivity contribution in [2.75, 3.05) is 20.2 Å². The van der Waals surface area contributed by atoms with Gasteiger partial charge in [0.25, 0.3) is 5.91 Å². The first-order valence-electron chi connectivity index (χ1n) is 8.83. The lowest BCUT2D eigenvalue weighted by molar-refractivity contribution is -0.126. The SMILES string of the molecule is CCOc1ccc(/C=C(/C#N)C(=O)N(C)CC2CCCCC2O)cc1. The third-order valence-electron chi connectivity index (χ3n) is 4.58. The summed E-state index contributed by atoms with van der Waals surface area (Å²) in [6.45, 7) is 2.98. The number of amides is 1. The number of likely N-dealkylation sites (N-methyl/N-ethyl adjacent to an activating group) is 1. The van der Waals surface area contributed by atoms with Crippen molar-refractivity contribution in [1.29, 1.82) is 5.26 Å². The van der Waals surface area contributed by atoms with Crippen LogP contribution in [-0.4, -0.2) is 42.2 Å². The normalized spacial score (nSPS) is 20.6. The van der Waals surface area contributed by atoms with Crippen molar-refractivity contribution >= 4 is 12.0 Å². The Kier molecular flexibility index (Phi) is 7.03. The summed E-state index contributed by atoms with van der Waals surface area (Å²) in [6, 6.07) is 9.27. The van der Waals surface area contributed by atoms with Gasteiger partial charge in [0.1, 0.15) is 17.4 Å². The Balaban J connectivity index is 2.05. The molecule has 1 amide bonds. The molecule has 0 saturated heterocycles. The molecule has 1 saturated carbocycles. The van der Waals surface area contributed by atoms with E-state index >= 15 is 0 Å². The number of hydrogen-bond donors (Lipinski definition) is 1. The second kappa shape index (κ2) is 9.24. The van der Waals surface area contributed by atoms with E-state index in [2.05, 4.69) is 0 Å². The predicted molar refractivity (Wildman–Crippen MR) is 96.8 cm³/mol. The predicted octanol–water partition coefficient (Wildman–Crippen LogP) is 3.00. The quantitative estimate of drug-likeness (QED) is 0.637. The molecular formula is C20H26N2O3. The summed E-state index contributed by atoms with van der Waals surface area (Å²) < 4.78 is 5.39. The zero-order valence-electron chi connectivity index (χ0n) is 14.9. The van der Waals surface area contributed by atoms with Crippen molar-refractivity contribution in [3.8, 4) is 11.8 Å². The number of benzene rings is 1. The van der Waals surface area contributed by atoms with Gasteiger partial charge in [0.15, 0.2) is 0 Å². The van der Waals surface area contributed by atoms with E-state index < -0.39 is 0 Å². The number of rotatable bonds is 6. The van der Waals surface area contributed by atoms with Crippen LogP contribution in [-0.2, 0) is 4.79 Å². The molecule has 0 heterocycles. The number of carbonyl (C=O) groups is 1. The van der Waals surface area contributed by atoms with Crippen LogP contribution in [0.3, 0.4) is 0 Å². The maximum absolute atomic E-state index is 12.6. The van der Waals surface area contributed by atoms with Crippen LogP contribution in [0, 0.1) is 17.2 Å². The summed E-state index contributed by atoms with van der Waals surface area (Å²) in [5.74, 6) is 0.537. The molecule has 2 atom stereocenters. The van der Waals surface area contributed by atoms with E-state index in [1.807, 2.05) is 37.3 Å². The molecule has 0 radical (unpaired) electrons. The molecule has 1 aliphatic carbocycles. The van der Waals surface area contributed by atoms with Gasteiger partial charge in [0.2, 0.25) is 0 Å². The topological polar surface area (TPSA) is 73.6 Å². The first-order chi connectivity index (χ1) is 12.0. The standard InChI is InChI=1S/C20H26N2O3/c1-3-25-18-10-8-15(9-11-18)12-17(13-21)20(24)22(2)14-16-6-4-5-7-19(16)23/h8-12,16,19,23H,3-7,14H2,1-2H3/b17-12-. The van der Waals surface area contributed by atoms with Crippen LogP contribution < -0.4 is 4.74 Å². The van der Waals surface area contributed by atoms with Gasteiger partial charge in [0.05, 0.1) is 12.7 Å². The third kappa shape index (κ3) is 5.33. The molecule has 1 aromatic rings. The summed E-state index contributed by atoms with van der Waals surface area (Å²) in [5.41, 5.74) is 0.872. The Morgan fingerprint density at radius 2 is 2.04 bits per heavy atom. The van der Waals surface area contributed by atoms with E-state index in [0.717, 1.165) is 37.0 Å². The first-order valence-corrected chi connectivity index (χ1v) is 8.83. The minimum absolute atomic E-state index is 0.0909. The van der Waals surface area contributed by atoms with Gasteiger partial charge in [-0.25, -0.2) is 0 Å². The highest BCUT2D eigenvalue weighted by molar-refractivity contribution is 6.01. The molecule has 0 aliphatic heterocycles. The lowest BCUT2D eigenvalue weighted by Crippen LogP contribution is -2.38. The van der Waals surface area contributed by atoms with Crippen molar-refractivity contribution in [3.63, 3.8) is 0 Å². The number of ether oxygens (including phenoxy) is 1. The fraction of sp³-hybridized carbons (Fsp3) is 0.500. The molecule has 0 bridgehead atoms. The highest BCUT2D eigenvalue weighted by Crippen LogP contribution is 2.25. The maximum atomic E-state index is 12.6. The molecule has 25 heavy (non-hydrogen) atoms. The minimum Gasteiger partial charge on any atom is -0.494 e. The van der Waals surface area contributed by atoms with Gasteiger partial charge in [-0.15, -0.1) is 0 Å². The molecule has 1 fully saturated rings. The second-order valence-corrected chi connectivity index (χ2v) is 6.47. The van der Waals surface area contributed by atoms with Crippen molar-refractivity contribution in [2.24, 2.45) is 5.92 Å². The van der Waals surface area contributed by atoms with Crippen molar-refractivity contribution in [3.05, 3.63) is 35.4 Å². The van der Waals surface area contributed by atoms with E-state index in [4.69, 9.17) is 4.74 Å². The molecule has 1 aromatic carbocycles. The van der Waals surface area contributed by atoms with Crippen molar-refractivity contribution in [1.82, 2.24) is 4.90 Å². The number of aliphatic hydroxyl groups is 1. The molecule has 2 rings (SSSR count). The molecule has 0 aromatic heterocycles. The molecular weight excluding hydrogens is 316 g/mol. The van der Waals surface area contributed by atoms with Crippen LogP contribution in [0.5, 0.6) is 5.75 Å². The largest absolute Gasteiger partial charge is 0.494 e. The summed E-state index contributed by atoms with van der Waals surface area (Å²) in [4.78, 5) is 14.1. The first kappa shape index (κ1) is 19.0. The van der Waals surface area contributed by atoms with Crippen molar-refractivity contribution < 1.29 is 14.6 Å². The number of hydrogen-bond acceptors (Lipinski definition) is 4. The Hall–Kier alpha value is -2.32. The van der Waals surface area contributed by atoms with Crippen molar-refractivity contribution in [2.45, 2.75) is 38.7 Å². The van der Waals surface area contributed by atoms with Crippen LogP contribution in [0.1, 0.15) is 38.2 Å². The number of carbonyl (C=O) groups excluding carboxylic acids is 1. The van der Waals surface area contributed by atoms with E-state index in [1.165, 1.54) is 0 Å². The van der Waals surface area contributed by atoms with Gasteiger partial charge in [-0.05, 0) is 43.5 Å². The van der Waals surface area contributed by atoms with Crippen LogP contribution in [0.25, 0.3) is 6.08 Å². The lowest BCUT2D eigenvalue weighted by Gasteiger charge is -2.31. The number of aliphatic hydroxyl groups excluding tert-OH is 1. The van der Waals surface area contributed by atoms with Crippen LogP contribution >= 0.6 is 0 Å². The lowest BCUT2D eigenvalue weighted by atomic mass is 9.86. The Morgan fingerprint density at radius 1 is 1.36 bits per heavy atom. The zero-order valence-corrected chi connectivity index (χ0v) is 14.9. The zero-order chi connectivity index (χ0) is 18.2.